The third-order valence-electron chi connectivity index (χ3n) is 2.82. The summed E-state index contributed by atoms with van der Waals surface area (Å²) in [5, 5.41) is 8.90. The van der Waals surface area contributed by atoms with E-state index in [1.165, 1.54) is 19.2 Å². The molecule has 1 N–H and O–H groups in total. The number of ether oxygens (including phenoxy) is 3. The van der Waals surface area contributed by atoms with Crippen molar-refractivity contribution in [2.75, 3.05) is 20.3 Å². The largest absolute Gasteiger partial charge is 0.493 e. The molecule has 1 saturated heterocycles. The third kappa shape index (κ3) is 2.92. The minimum absolute atomic E-state index is 0.00308. The zero-order chi connectivity index (χ0) is 13.0. The van der Waals surface area contributed by atoms with Crippen LogP contribution in [0.25, 0.3) is 0 Å². The number of hydrogen-bond donors (Lipinski definition) is 1. The number of methoxy groups -OCH3 is 1. The van der Waals surface area contributed by atoms with Crippen LogP contribution in [0.5, 0.6) is 11.5 Å². The van der Waals surface area contributed by atoms with E-state index < -0.39 is 5.97 Å². The molecule has 2 rings (SSSR count). The lowest BCUT2D eigenvalue weighted by atomic mass is 10.1. The summed E-state index contributed by atoms with van der Waals surface area (Å²) >= 11 is 0. The zero-order valence-electron chi connectivity index (χ0n) is 10.2. The topological polar surface area (TPSA) is 65.0 Å². The molecule has 0 bridgehead atoms. The molecule has 5 nitrogen and oxygen atoms in total. The van der Waals surface area contributed by atoms with Crippen LogP contribution in [0.15, 0.2) is 18.2 Å². The van der Waals surface area contributed by atoms with Crippen LogP contribution < -0.4 is 9.47 Å². The van der Waals surface area contributed by atoms with E-state index in [0.717, 1.165) is 19.4 Å². The monoisotopic (exact) mass is 252 g/mol. The molecule has 0 saturated carbocycles. The van der Waals surface area contributed by atoms with Gasteiger partial charge in [-0.2, -0.15) is 0 Å². The van der Waals surface area contributed by atoms with Crippen molar-refractivity contribution >= 4 is 5.97 Å². The molecule has 0 radical (unpaired) electrons. The van der Waals surface area contributed by atoms with Gasteiger partial charge in [-0.15, -0.1) is 0 Å². The first kappa shape index (κ1) is 12.7. The van der Waals surface area contributed by atoms with Crippen LogP contribution in [0.1, 0.15) is 23.2 Å². The number of hydrogen-bond acceptors (Lipinski definition) is 4. The Bertz CT molecular complexity index is 423. The number of carboxylic acids is 1. The minimum Gasteiger partial charge on any atom is -0.493 e. The van der Waals surface area contributed by atoms with Crippen LogP contribution in [0.2, 0.25) is 0 Å². The normalized spacial score (nSPS) is 19.3. The Labute approximate surface area is 105 Å². The molecule has 0 spiro atoms. The summed E-state index contributed by atoms with van der Waals surface area (Å²) in [6.45, 7) is 1.33. The van der Waals surface area contributed by atoms with Crippen molar-refractivity contribution in [2.45, 2.75) is 18.9 Å². The van der Waals surface area contributed by atoms with Gasteiger partial charge in [0.05, 0.1) is 19.3 Å². The van der Waals surface area contributed by atoms with Crippen molar-refractivity contribution in [2.24, 2.45) is 0 Å². The van der Waals surface area contributed by atoms with E-state index in [1.807, 2.05) is 0 Å². The highest BCUT2D eigenvalue weighted by molar-refractivity contribution is 5.88. The maximum absolute atomic E-state index is 10.9. The van der Waals surface area contributed by atoms with Crippen molar-refractivity contribution in [1.82, 2.24) is 0 Å². The Morgan fingerprint density at radius 1 is 1.44 bits per heavy atom. The van der Waals surface area contributed by atoms with Crippen molar-refractivity contribution in [3.63, 3.8) is 0 Å². The second kappa shape index (κ2) is 5.73. The minimum atomic E-state index is -0.985. The summed E-state index contributed by atoms with van der Waals surface area (Å²) in [5.41, 5.74) is 0.180. The second-order valence-corrected chi connectivity index (χ2v) is 4.13. The van der Waals surface area contributed by atoms with Gasteiger partial charge in [0.2, 0.25) is 0 Å². The average Bonchev–Trinajstić information content (AvgIpc) is 2.40. The van der Waals surface area contributed by atoms with Crippen LogP contribution >= 0.6 is 0 Å². The second-order valence-electron chi connectivity index (χ2n) is 4.13. The summed E-state index contributed by atoms with van der Waals surface area (Å²) in [6.07, 6.45) is 1.91. The van der Waals surface area contributed by atoms with Crippen molar-refractivity contribution in [1.29, 1.82) is 0 Å². The molecule has 1 aliphatic rings. The number of aromatic carboxylic acids is 1. The molecule has 1 aromatic carbocycles. The third-order valence-corrected chi connectivity index (χ3v) is 2.82. The van der Waals surface area contributed by atoms with Crippen LogP contribution in [0, 0.1) is 0 Å². The summed E-state index contributed by atoms with van der Waals surface area (Å²) in [7, 11) is 1.49. The number of rotatable bonds is 4. The van der Waals surface area contributed by atoms with Gasteiger partial charge in [0.25, 0.3) is 0 Å². The molecule has 1 aliphatic heterocycles. The first-order valence-electron chi connectivity index (χ1n) is 5.86. The average molecular weight is 252 g/mol. The molecule has 0 amide bonds. The van der Waals surface area contributed by atoms with E-state index in [9.17, 15) is 4.79 Å². The van der Waals surface area contributed by atoms with E-state index in [0.29, 0.717) is 18.1 Å². The fraction of sp³-hybridized carbons (Fsp3) is 0.462. The van der Waals surface area contributed by atoms with Gasteiger partial charge in [0.15, 0.2) is 11.5 Å². The Morgan fingerprint density at radius 2 is 2.28 bits per heavy atom. The lowest BCUT2D eigenvalue weighted by molar-refractivity contribution is 0.00643. The van der Waals surface area contributed by atoms with Crippen molar-refractivity contribution < 1.29 is 24.1 Å². The first-order valence-corrected chi connectivity index (χ1v) is 5.86. The number of carbonyl (C=O) groups is 1. The summed E-state index contributed by atoms with van der Waals surface area (Å²) in [6, 6.07) is 4.59. The quantitative estimate of drug-likeness (QED) is 0.887. The van der Waals surface area contributed by atoms with E-state index in [1.54, 1.807) is 6.07 Å². The van der Waals surface area contributed by atoms with E-state index in [4.69, 9.17) is 19.3 Å². The Balaban J connectivity index is 2.13. The van der Waals surface area contributed by atoms with Crippen molar-refractivity contribution in [3.05, 3.63) is 23.8 Å². The Hall–Kier alpha value is -1.75. The maximum atomic E-state index is 10.9. The van der Waals surface area contributed by atoms with Crippen LogP contribution in [-0.2, 0) is 4.74 Å². The SMILES string of the molecule is COc1cc(C(=O)O)ccc1OC1CCCOC1. The van der Waals surface area contributed by atoms with Crippen LogP contribution in [0.4, 0.5) is 0 Å². The highest BCUT2D eigenvalue weighted by atomic mass is 16.5. The smallest absolute Gasteiger partial charge is 0.335 e. The summed E-state index contributed by atoms with van der Waals surface area (Å²) in [4.78, 5) is 10.9. The molecule has 1 atom stereocenters. The highest BCUT2D eigenvalue weighted by Crippen LogP contribution is 2.30. The molecule has 1 aromatic rings. The van der Waals surface area contributed by atoms with Gasteiger partial charge in [0.1, 0.15) is 6.10 Å². The van der Waals surface area contributed by atoms with Gasteiger partial charge in [-0.05, 0) is 31.0 Å². The Kier molecular flexibility index (Phi) is 4.04. The molecular formula is C13H16O5. The van der Waals surface area contributed by atoms with Crippen LogP contribution in [0.3, 0.4) is 0 Å². The molecule has 5 heteroatoms. The van der Waals surface area contributed by atoms with E-state index >= 15 is 0 Å². The fourth-order valence-corrected chi connectivity index (χ4v) is 1.88. The molecule has 1 heterocycles. The van der Waals surface area contributed by atoms with Gasteiger partial charge in [-0.3, -0.25) is 0 Å². The predicted molar refractivity (Wildman–Crippen MR) is 64.4 cm³/mol. The molecule has 0 aromatic heterocycles. The van der Waals surface area contributed by atoms with Gasteiger partial charge < -0.3 is 19.3 Å². The maximum Gasteiger partial charge on any atom is 0.335 e. The number of carboxylic acid groups (broad SMARTS) is 1. The Morgan fingerprint density at radius 3 is 2.89 bits per heavy atom. The molecule has 98 valence electrons. The van der Waals surface area contributed by atoms with Gasteiger partial charge in [-0.25, -0.2) is 4.79 Å². The lowest BCUT2D eigenvalue weighted by Crippen LogP contribution is -2.28. The predicted octanol–water partition coefficient (Wildman–Crippen LogP) is 1.95. The fourth-order valence-electron chi connectivity index (χ4n) is 1.88. The van der Waals surface area contributed by atoms with Crippen LogP contribution in [-0.4, -0.2) is 37.5 Å². The van der Waals surface area contributed by atoms with Gasteiger partial charge >= 0.3 is 5.97 Å². The number of benzene rings is 1. The molecular weight excluding hydrogens is 236 g/mol. The van der Waals surface area contributed by atoms with Gasteiger partial charge in [-0.1, -0.05) is 0 Å². The van der Waals surface area contributed by atoms with E-state index in [2.05, 4.69) is 0 Å². The lowest BCUT2D eigenvalue weighted by Gasteiger charge is -2.24. The first-order chi connectivity index (χ1) is 8.70. The molecule has 1 unspecified atom stereocenters. The highest BCUT2D eigenvalue weighted by Gasteiger charge is 2.18. The standard InChI is InChI=1S/C13H16O5/c1-16-12-7-9(13(14)15)4-5-11(12)18-10-3-2-6-17-8-10/h4-5,7,10H,2-3,6,8H2,1H3,(H,14,15). The zero-order valence-corrected chi connectivity index (χ0v) is 10.2. The van der Waals surface area contributed by atoms with E-state index in [-0.39, 0.29) is 11.7 Å². The molecule has 0 aliphatic carbocycles. The molecule has 1 fully saturated rings. The van der Waals surface area contributed by atoms with Gasteiger partial charge in [0, 0.05) is 6.61 Å². The summed E-state index contributed by atoms with van der Waals surface area (Å²) in [5.74, 6) is -0.000627. The molecule has 18 heavy (non-hydrogen) atoms. The summed E-state index contributed by atoms with van der Waals surface area (Å²) < 4.78 is 16.2. The van der Waals surface area contributed by atoms with Crippen molar-refractivity contribution in [3.8, 4) is 11.5 Å².